The van der Waals surface area contributed by atoms with Gasteiger partial charge in [0.05, 0.1) is 0 Å². The molecule has 2 N–H and O–H groups in total. The van der Waals surface area contributed by atoms with E-state index in [1.165, 1.54) is 0 Å². The fraction of sp³-hybridized carbons (Fsp3) is 0.261. The largest absolute Gasteiger partial charge is 2.00 e. The molecule has 2 aliphatic heterocycles. The Labute approximate surface area is 373 Å². The van der Waals surface area contributed by atoms with Crippen LogP contribution in [0, 0.1) is 39.3 Å². The summed E-state index contributed by atoms with van der Waals surface area (Å²) < 4.78 is 0. The summed E-state index contributed by atoms with van der Waals surface area (Å²) in [5.74, 6) is 2.21. The van der Waals surface area contributed by atoms with E-state index in [0.717, 1.165) is 56.9 Å². The minimum Gasteiger partial charge on any atom is -0.502 e. The topological polar surface area (TPSA) is 105 Å². The van der Waals surface area contributed by atoms with Crippen molar-refractivity contribution in [3.05, 3.63) is 157 Å². The van der Waals surface area contributed by atoms with Gasteiger partial charge in [-0.15, -0.1) is 11.4 Å². The van der Waals surface area contributed by atoms with E-state index >= 15 is 0 Å². The average molecular weight is 1140 g/mol. The van der Waals surface area contributed by atoms with Crippen molar-refractivity contribution in [2.75, 3.05) is 33.7 Å². The molecule has 4 aromatic heterocycles. The summed E-state index contributed by atoms with van der Waals surface area (Å²) in [7, 11) is 4.03. The molecule has 0 aliphatic carbocycles. The number of aromatic nitrogens is 4. The first-order chi connectivity index (χ1) is 26.5. The van der Waals surface area contributed by atoms with Gasteiger partial charge in [-0.05, 0) is 75.2 Å². The molecule has 308 valence electrons. The molecule has 0 spiro atoms. The Bertz CT molecular complexity index is 2040. The van der Waals surface area contributed by atoms with Crippen LogP contribution in [0.4, 0.5) is 34.4 Å². The molecule has 0 radical (unpaired) electrons. The van der Waals surface area contributed by atoms with E-state index in [0.29, 0.717) is 0 Å². The van der Waals surface area contributed by atoms with Gasteiger partial charge in [0.15, 0.2) is 0 Å². The van der Waals surface area contributed by atoms with E-state index in [1.54, 1.807) is 0 Å². The number of fused-ring (bicyclic) bond motifs is 2. The molecule has 10 nitrogen and oxygen atoms in total. The number of nitrogens with zero attached hydrogens (tertiary/aromatic N) is 8. The molecular weight excluding hydrogens is 1090 g/mol. The quantitative estimate of drug-likeness (QED) is 0.163. The van der Waals surface area contributed by atoms with Crippen LogP contribution in [0.3, 0.4) is 0 Å². The molecule has 6 heterocycles. The number of aromatic hydroxyl groups is 2. The summed E-state index contributed by atoms with van der Waals surface area (Å²) in [6.07, 6.45) is 3.61. The minimum atomic E-state index is -0.0369. The Morgan fingerprint density at radius 3 is 1.22 bits per heavy atom. The van der Waals surface area contributed by atoms with E-state index < -0.39 is 0 Å². The Kier molecular flexibility index (Phi) is 17.0. The maximum absolute atomic E-state index is 9.52. The molecule has 6 aromatic rings. The van der Waals surface area contributed by atoms with Gasteiger partial charge < -0.3 is 29.8 Å². The second-order valence-electron chi connectivity index (χ2n) is 15.5. The maximum atomic E-state index is 9.52. The zero-order valence-corrected chi connectivity index (χ0v) is 39.2. The minimum absolute atomic E-state index is 0. The molecule has 58 heavy (non-hydrogen) atoms. The molecule has 0 saturated carbocycles. The first kappa shape index (κ1) is 47.6. The zero-order chi connectivity index (χ0) is 40.6. The van der Waals surface area contributed by atoms with Crippen LogP contribution in [0.25, 0.3) is 0 Å². The van der Waals surface area contributed by atoms with Gasteiger partial charge in [0.2, 0.25) is 11.8 Å². The Morgan fingerprint density at radius 1 is 0.534 bits per heavy atom. The zero-order valence-electron chi connectivity index (χ0n) is 34.7. The third-order valence-electron chi connectivity index (χ3n) is 8.87. The SMILES string of the molecule is CN1[CH-]N(c2[c-]cccc2)c2ncccc21.CN1[CH-]N(c2[c-]cccc2)c2ncccc21.Cc1ccc(C(C)(C)C)c(O)n1.Cc1ccc(C(C)(C)C)c(O)n1.[Pt+2].[Pt+2]. The van der Waals surface area contributed by atoms with Gasteiger partial charge in [-0.25, -0.2) is 19.9 Å². The third-order valence-corrected chi connectivity index (χ3v) is 8.87. The van der Waals surface area contributed by atoms with Gasteiger partial charge in [-0.1, -0.05) is 53.7 Å². The van der Waals surface area contributed by atoms with Crippen LogP contribution in [0.1, 0.15) is 64.1 Å². The number of anilines is 6. The summed E-state index contributed by atoms with van der Waals surface area (Å²) in [5, 5.41) is 19.0. The molecule has 12 heteroatoms. The number of benzene rings is 2. The Morgan fingerprint density at radius 2 is 0.914 bits per heavy atom. The van der Waals surface area contributed by atoms with Crippen molar-refractivity contribution in [2.24, 2.45) is 0 Å². The third kappa shape index (κ3) is 12.1. The van der Waals surface area contributed by atoms with E-state index in [4.69, 9.17) is 0 Å². The predicted octanol–water partition coefficient (Wildman–Crippen LogP) is 9.96. The molecule has 2 aliphatic rings. The summed E-state index contributed by atoms with van der Waals surface area (Å²) in [6.45, 7) is 20.1. The first-order valence-electron chi connectivity index (χ1n) is 18.5. The van der Waals surface area contributed by atoms with Gasteiger partial charge in [-0.2, -0.15) is 74.0 Å². The fourth-order valence-electron chi connectivity index (χ4n) is 5.96. The number of rotatable bonds is 2. The molecule has 0 atom stereocenters. The summed E-state index contributed by atoms with van der Waals surface area (Å²) >= 11 is 0. The Balaban J connectivity index is 0.000000207. The van der Waals surface area contributed by atoms with Crippen LogP contribution in [0.15, 0.2) is 109 Å². The molecule has 0 fully saturated rings. The van der Waals surface area contributed by atoms with Crippen LogP contribution in [0.2, 0.25) is 0 Å². The number of hydrogen-bond donors (Lipinski definition) is 2. The summed E-state index contributed by atoms with van der Waals surface area (Å²) in [6, 6.07) is 37.9. The molecule has 0 bridgehead atoms. The first-order valence-corrected chi connectivity index (χ1v) is 18.5. The number of hydrogen-bond acceptors (Lipinski definition) is 10. The van der Waals surface area contributed by atoms with Gasteiger partial charge >= 0.3 is 42.1 Å². The van der Waals surface area contributed by atoms with Gasteiger partial charge in [0, 0.05) is 46.3 Å². The number of pyridine rings is 4. The summed E-state index contributed by atoms with van der Waals surface area (Å²) in [4.78, 5) is 25.0. The molecule has 0 unspecified atom stereocenters. The molecule has 0 amide bonds. The van der Waals surface area contributed by atoms with Crippen molar-refractivity contribution in [3.63, 3.8) is 0 Å². The second kappa shape index (κ2) is 20.8. The fourth-order valence-corrected chi connectivity index (χ4v) is 5.96. The van der Waals surface area contributed by atoms with E-state index in [-0.39, 0.29) is 64.7 Å². The summed E-state index contributed by atoms with van der Waals surface area (Å²) in [5.41, 5.74) is 7.65. The van der Waals surface area contributed by atoms with Crippen molar-refractivity contribution in [1.29, 1.82) is 0 Å². The van der Waals surface area contributed by atoms with Crippen LogP contribution in [-0.2, 0) is 53.0 Å². The Hall–Kier alpha value is -4.78. The maximum Gasteiger partial charge on any atom is 2.00 e. The van der Waals surface area contributed by atoms with E-state index in [9.17, 15) is 10.2 Å². The van der Waals surface area contributed by atoms with Crippen LogP contribution >= 0.6 is 0 Å². The van der Waals surface area contributed by atoms with Gasteiger partial charge in [-0.3, -0.25) is 0 Å². The van der Waals surface area contributed by atoms with Crippen molar-refractivity contribution in [1.82, 2.24) is 19.9 Å². The van der Waals surface area contributed by atoms with E-state index in [1.807, 2.05) is 148 Å². The van der Waals surface area contributed by atoms with Crippen molar-refractivity contribution in [3.8, 4) is 11.8 Å². The smallest absolute Gasteiger partial charge is 0.502 e. The van der Waals surface area contributed by atoms with E-state index in [2.05, 4.69) is 95.5 Å². The molecule has 8 rings (SSSR count). The molecular formula is C46H52N8O2Pt2. The van der Waals surface area contributed by atoms with Crippen LogP contribution in [-0.4, -0.2) is 44.2 Å². The molecule has 0 saturated heterocycles. The van der Waals surface area contributed by atoms with Gasteiger partial charge in [0.25, 0.3) is 0 Å². The second-order valence-corrected chi connectivity index (χ2v) is 15.5. The number of aryl methyl sites for hydroxylation is 2. The number of para-hydroxylation sites is 2. The van der Waals surface area contributed by atoms with Crippen LogP contribution in [0.5, 0.6) is 11.8 Å². The van der Waals surface area contributed by atoms with Crippen molar-refractivity contribution < 1.29 is 52.3 Å². The normalized spacial score (nSPS) is 12.6. The van der Waals surface area contributed by atoms with Crippen molar-refractivity contribution in [2.45, 2.75) is 66.2 Å². The molecule has 2 aromatic carbocycles. The predicted molar refractivity (Wildman–Crippen MR) is 227 cm³/mol. The monoisotopic (exact) mass is 1140 g/mol. The van der Waals surface area contributed by atoms with Crippen LogP contribution < -0.4 is 19.6 Å². The van der Waals surface area contributed by atoms with Crippen molar-refractivity contribution >= 4 is 34.4 Å². The van der Waals surface area contributed by atoms with Gasteiger partial charge in [0.1, 0.15) is 11.6 Å². The average Bonchev–Trinajstić information content (AvgIpc) is 3.68. The standard InChI is InChI=1S/2C13H11N3.2C10H15NO.2Pt/c2*1-15-10-16(11-6-3-2-4-7-11)13-12(15)8-5-9-14-13;2*1-7-5-6-8(9(12)11-7)10(2,3)4;;/h2*2-6,8-10H,1H3;2*5-6H,1-4H3,(H,11,12);;/q2*-2;;;2*+2.